The van der Waals surface area contributed by atoms with Gasteiger partial charge in [0, 0.05) is 6.54 Å². The molecule has 0 bridgehead atoms. The molecule has 0 aliphatic rings. The Labute approximate surface area is 129 Å². The van der Waals surface area contributed by atoms with Gasteiger partial charge in [0.2, 0.25) is 5.62 Å². The van der Waals surface area contributed by atoms with E-state index in [1.54, 1.807) is 0 Å². The molecule has 1 atom stereocenters. The quantitative estimate of drug-likeness (QED) is 0.747. The van der Waals surface area contributed by atoms with Crippen LogP contribution in [0.25, 0.3) is 11.0 Å². The van der Waals surface area contributed by atoms with Crippen molar-refractivity contribution >= 4 is 11.0 Å². The van der Waals surface area contributed by atoms with Gasteiger partial charge in [0.15, 0.2) is 0 Å². The van der Waals surface area contributed by atoms with Gasteiger partial charge in [-0.05, 0) is 24.1 Å². The Bertz CT molecular complexity index is 817. The average Bonchev–Trinajstić information content (AvgIpc) is 2.82. The van der Waals surface area contributed by atoms with E-state index in [2.05, 4.69) is 6.92 Å². The van der Waals surface area contributed by atoms with Gasteiger partial charge in [0.1, 0.15) is 0 Å². The van der Waals surface area contributed by atoms with Crippen molar-refractivity contribution in [3.8, 4) is 0 Å². The molecule has 0 spiro atoms. The summed E-state index contributed by atoms with van der Waals surface area (Å²) >= 11 is 0. The Kier molecular flexibility index (Phi) is 4.11. The maximum Gasteiger partial charge on any atom is 0.203 e. The van der Waals surface area contributed by atoms with Crippen molar-refractivity contribution in [2.75, 3.05) is 0 Å². The van der Waals surface area contributed by atoms with Crippen molar-refractivity contribution in [1.82, 2.24) is 9.13 Å². The molecule has 1 aromatic heterocycles. The van der Waals surface area contributed by atoms with Crippen LogP contribution in [-0.4, -0.2) is 14.2 Å². The largest absolute Gasteiger partial charge is 0.387 e. The molecular formula is C18H21N3O. The molecule has 0 saturated heterocycles. The van der Waals surface area contributed by atoms with Crippen LogP contribution in [0.1, 0.15) is 25.0 Å². The molecule has 3 rings (SSSR count). The minimum absolute atomic E-state index is 0.389. The second-order valence-electron chi connectivity index (χ2n) is 5.50. The highest BCUT2D eigenvalue weighted by Gasteiger charge is 2.14. The van der Waals surface area contributed by atoms with Crippen molar-refractivity contribution in [2.24, 2.45) is 0 Å². The summed E-state index contributed by atoms with van der Waals surface area (Å²) in [6.07, 6.45) is 0.363. The Morgan fingerprint density at radius 1 is 0.955 bits per heavy atom. The summed E-state index contributed by atoms with van der Waals surface area (Å²) in [6.45, 7) is 3.31. The van der Waals surface area contributed by atoms with E-state index in [4.69, 9.17) is 5.41 Å². The van der Waals surface area contributed by atoms with Crippen molar-refractivity contribution in [2.45, 2.75) is 32.5 Å². The number of aliphatic hydroxyl groups excluding tert-OH is 1. The lowest BCUT2D eigenvalue weighted by Crippen LogP contribution is -2.26. The predicted molar refractivity (Wildman–Crippen MR) is 87.5 cm³/mol. The van der Waals surface area contributed by atoms with E-state index < -0.39 is 6.10 Å². The smallest absolute Gasteiger partial charge is 0.203 e. The minimum atomic E-state index is -0.615. The molecule has 4 heteroatoms. The van der Waals surface area contributed by atoms with Gasteiger partial charge >= 0.3 is 0 Å². The van der Waals surface area contributed by atoms with Crippen LogP contribution >= 0.6 is 0 Å². The highest BCUT2D eigenvalue weighted by Crippen LogP contribution is 2.18. The number of rotatable bonds is 5. The van der Waals surface area contributed by atoms with E-state index in [-0.39, 0.29) is 0 Å². The van der Waals surface area contributed by atoms with Crippen LogP contribution in [0.4, 0.5) is 0 Å². The lowest BCUT2D eigenvalue weighted by atomic mass is 10.1. The molecule has 0 radical (unpaired) electrons. The maximum atomic E-state index is 10.5. The Balaban J connectivity index is 2.04. The number of hydrogen-bond donors (Lipinski definition) is 2. The molecule has 0 aliphatic carbocycles. The van der Waals surface area contributed by atoms with Crippen molar-refractivity contribution in [3.63, 3.8) is 0 Å². The molecule has 0 amide bonds. The summed E-state index contributed by atoms with van der Waals surface area (Å²) in [5.74, 6) is 0. The third kappa shape index (κ3) is 2.57. The zero-order chi connectivity index (χ0) is 15.5. The van der Waals surface area contributed by atoms with Gasteiger partial charge in [0.25, 0.3) is 0 Å². The molecule has 114 valence electrons. The van der Waals surface area contributed by atoms with E-state index in [0.29, 0.717) is 12.2 Å². The van der Waals surface area contributed by atoms with E-state index in [1.807, 2.05) is 63.7 Å². The monoisotopic (exact) mass is 295 g/mol. The fraction of sp³-hybridized carbons (Fsp3) is 0.278. The number of fused-ring (bicyclic) bond motifs is 1. The summed E-state index contributed by atoms with van der Waals surface area (Å²) < 4.78 is 3.90. The summed E-state index contributed by atoms with van der Waals surface area (Å²) in [6, 6.07) is 17.6. The second kappa shape index (κ2) is 6.20. The fourth-order valence-electron chi connectivity index (χ4n) is 2.88. The Hall–Kier alpha value is -2.33. The standard InChI is InChI=1S/C18H21N3O/c1-2-12-20-15-10-6-7-11-16(15)21(18(20)19)13-17(22)14-8-4-3-5-9-14/h3-11,17,19,22H,2,12-13H2,1H3/t17-/m1/s1. The first kappa shape index (κ1) is 14.6. The number of nitrogens with one attached hydrogen (secondary N) is 1. The van der Waals surface area contributed by atoms with Crippen molar-refractivity contribution < 1.29 is 5.11 Å². The topological polar surface area (TPSA) is 53.9 Å². The van der Waals surface area contributed by atoms with Gasteiger partial charge < -0.3 is 14.2 Å². The normalized spacial score (nSPS) is 12.6. The molecule has 22 heavy (non-hydrogen) atoms. The molecule has 2 N–H and O–H groups in total. The Morgan fingerprint density at radius 3 is 2.18 bits per heavy atom. The van der Waals surface area contributed by atoms with Gasteiger partial charge in [0.05, 0.1) is 23.7 Å². The van der Waals surface area contributed by atoms with Crippen molar-refractivity contribution in [1.29, 1.82) is 5.41 Å². The fourth-order valence-corrected chi connectivity index (χ4v) is 2.88. The number of aryl methyl sites for hydroxylation is 1. The summed E-state index contributed by atoms with van der Waals surface area (Å²) in [4.78, 5) is 0. The maximum absolute atomic E-state index is 10.5. The van der Waals surface area contributed by atoms with E-state index in [9.17, 15) is 5.11 Å². The third-order valence-electron chi connectivity index (χ3n) is 3.96. The zero-order valence-electron chi connectivity index (χ0n) is 12.7. The molecule has 2 aromatic carbocycles. The first-order valence-electron chi connectivity index (χ1n) is 7.68. The molecular weight excluding hydrogens is 274 g/mol. The van der Waals surface area contributed by atoms with Crippen LogP contribution in [0.15, 0.2) is 54.6 Å². The highest BCUT2D eigenvalue weighted by atomic mass is 16.3. The highest BCUT2D eigenvalue weighted by molar-refractivity contribution is 5.75. The number of aliphatic hydroxyl groups is 1. The van der Waals surface area contributed by atoms with Gasteiger partial charge in [-0.25, -0.2) is 0 Å². The van der Waals surface area contributed by atoms with E-state index in [1.165, 1.54) is 0 Å². The molecule has 0 fully saturated rings. The van der Waals surface area contributed by atoms with Crippen molar-refractivity contribution in [3.05, 3.63) is 65.8 Å². The molecule has 3 aromatic rings. The molecule has 1 heterocycles. The van der Waals surface area contributed by atoms with Crippen LogP contribution in [0.3, 0.4) is 0 Å². The number of para-hydroxylation sites is 2. The summed E-state index contributed by atoms with van der Waals surface area (Å²) in [5.41, 5.74) is 3.37. The third-order valence-corrected chi connectivity index (χ3v) is 3.96. The minimum Gasteiger partial charge on any atom is -0.387 e. The van der Waals surface area contributed by atoms with Gasteiger partial charge in [-0.15, -0.1) is 0 Å². The zero-order valence-corrected chi connectivity index (χ0v) is 12.7. The molecule has 0 saturated carbocycles. The first-order valence-corrected chi connectivity index (χ1v) is 7.68. The molecule has 4 nitrogen and oxygen atoms in total. The van der Waals surface area contributed by atoms with E-state index >= 15 is 0 Å². The van der Waals surface area contributed by atoms with Crippen LogP contribution in [-0.2, 0) is 13.1 Å². The number of benzene rings is 2. The summed E-state index contributed by atoms with van der Waals surface area (Å²) in [7, 11) is 0. The SMILES string of the molecule is CCCn1c(=N)n(C[C@@H](O)c2ccccc2)c2ccccc21. The Morgan fingerprint density at radius 2 is 1.55 bits per heavy atom. The van der Waals surface area contributed by atoms with Crippen LogP contribution in [0.2, 0.25) is 0 Å². The number of imidazole rings is 1. The van der Waals surface area contributed by atoms with Crippen LogP contribution in [0, 0.1) is 5.41 Å². The number of nitrogens with zero attached hydrogens (tertiary/aromatic N) is 2. The van der Waals surface area contributed by atoms with Gasteiger partial charge in [-0.2, -0.15) is 0 Å². The first-order chi connectivity index (χ1) is 10.7. The predicted octanol–water partition coefficient (Wildman–Crippen LogP) is 3.07. The lowest BCUT2D eigenvalue weighted by Gasteiger charge is -2.12. The molecule has 0 unspecified atom stereocenters. The van der Waals surface area contributed by atoms with Crippen LogP contribution in [0.5, 0.6) is 0 Å². The van der Waals surface area contributed by atoms with Gasteiger partial charge in [-0.1, -0.05) is 49.4 Å². The lowest BCUT2D eigenvalue weighted by molar-refractivity contribution is 0.155. The van der Waals surface area contributed by atoms with Crippen LogP contribution < -0.4 is 5.62 Å². The summed E-state index contributed by atoms with van der Waals surface area (Å²) in [5, 5.41) is 18.9. The van der Waals surface area contributed by atoms with E-state index in [0.717, 1.165) is 29.6 Å². The number of hydrogen-bond acceptors (Lipinski definition) is 2. The van der Waals surface area contributed by atoms with Gasteiger partial charge in [-0.3, -0.25) is 5.41 Å². The molecule has 0 aliphatic heterocycles. The number of aromatic nitrogens is 2. The second-order valence-corrected chi connectivity index (χ2v) is 5.50. The average molecular weight is 295 g/mol.